The second-order valence-corrected chi connectivity index (χ2v) is 7.50. The Hall–Kier alpha value is -3.00. The fourth-order valence-corrected chi connectivity index (χ4v) is 4.22. The van der Waals surface area contributed by atoms with Gasteiger partial charge in [-0.1, -0.05) is 12.1 Å². The van der Waals surface area contributed by atoms with Crippen molar-refractivity contribution in [3.05, 3.63) is 48.0 Å². The number of hydrogen-bond acceptors (Lipinski definition) is 5. The van der Waals surface area contributed by atoms with Crippen molar-refractivity contribution in [3.8, 4) is 17.2 Å². The van der Waals surface area contributed by atoms with E-state index < -0.39 is 11.6 Å². The normalized spacial score (nSPS) is 24.3. The molecule has 0 radical (unpaired) electrons. The quantitative estimate of drug-likeness (QED) is 0.650. The highest BCUT2D eigenvalue weighted by Gasteiger charge is 2.55. The molecule has 2 aliphatic rings. The van der Waals surface area contributed by atoms with Gasteiger partial charge >= 0.3 is 0 Å². The van der Waals surface area contributed by atoms with Gasteiger partial charge in [0.05, 0.1) is 19.8 Å². The average Bonchev–Trinajstić information content (AvgIpc) is 2.68. The van der Waals surface area contributed by atoms with Gasteiger partial charge in [-0.15, -0.1) is 0 Å². The molecule has 2 aromatic rings. The van der Waals surface area contributed by atoms with Crippen LogP contribution < -0.4 is 30.2 Å². The first-order chi connectivity index (χ1) is 13.9. The first-order valence-corrected chi connectivity index (χ1v) is 9.84. The van der Waals surface area contributed by atoms with Crippen LogP contribution in [0.5, 0.6) is 17.2 Å². The molecule has 2 aliphatic heterocycles. The van der Waals surface area contributed by atoms with Crippen LogP contribution in [-0.4, -0.2) is 30.5 Å². The molecule has 0 saturated carbocycles. The van der Waals surface area contributed by atoms with Gasteiger partial charge < -0.3 is 30.2 Å². The van der Waals surface area contributed by atoms with Gasteiger partial charge in [0.15, 0.2) is 22.3 Å². The van der Waals surface area contributed by atoms with Gasteiger partial charge in [0.2, 0.25) is 5.91 Å². The summed E-state index contributed by atoms with van der Waals surface area (Å²) in [5.41, 5.74) is 0.491. The van der Waals surface area contributed by atoms with Gasteiger partial charge in [-0.3, -0.25) is 4.79 Å². The van der Waals surface area contributed by atoms with Crippen molar-refractivity contribution < 1.29 is 19.0 Å². The lowest BCUT2D eigenvalue weighted by molar-refractivity contribution is -0.132. The molecule has 2 bridgehead atoms. The highest BCUT2D eigenvalue weighted by Crippen LogP contribution is 2.48. The first kappa shape index (κ1) is 19.3. The Morgan fingerprint density at radius 2 is 2.03 bits per heavy atom. The largest absolute Gasteiger partial charge is 0.497 e. The summed E-state index contributed by atoms with van der Waals surface area (Å²) < 4.78 is 17.2. The summed E-state index contributed by atoms with van der Waals surface area (Å²) in [6.45, 7) is 4.26. The zero-order chi connectivity index (χ0) is 20.6. The molecule has 1 amide bonds. The van der Waals surface area contributed by atoms with Gasteiger partial charge in [0.1, 0.15) is 11.7 Å². The lowest BCUT2D eigenvalue weighted by atomic mass is 9.79. The summed E-state index contributed by atoms with van der Waals surface area (Å²) in [5, 5.41) is 9.78. The molecule has 4 rings (SSSR count). The predicted octanol–water partition coefficient (Wildman–Crippen LogP) is 2.98. The van der Waals surface area contributed by atoms with E-state index in [4.69, 9.17) is 26.4 Å². The molecule has 1 fully saturated rings. The number of hydrogen-bond donors (Lipinski definition) is 3. The molecule has 0 aromatic heterocycles. The lowest BCUT2D eigenvalue weighted by Crippen LogP contribution is -2.70. The number of benzene rings is 2. The predicted molar refractivity (Wildman–Crippen MR) is 113 cm³/mol. The summed E-state index contributed by atoms with van der Waals surface area (Å²) in [5.74, 6) is 1.24. The summed E-state index contributed by atoms with van der Waals surface area (Å²) in [6.07, 6.45) is 0. The topological polar surface area (TPSA) is 80.9 Å². The zero-order valence-corrected chi connectivity index (χ0v) is 17.3. The van der Waals surface area contributed by atoms with Gasteiger partial charge in [-0.25, -0.2) is 0 Å². The van der Waals surface area contributed by atoms with Crippen molar-refractivity contribution in [2.75, 3.05) is 19.0 Å². The molecule has 1 saturated heterocycles. The number of amides is 1. The Bertz CT molecular complexity index is 949. The molecular weight excluding hydrogens is 390 g/mol. The van der Waals surface area contributed by atoms with E-state index in [-0.39, 0.29) is 11.9 Å². The maximum atomic E-state index is 13.3. The number of rotatable bonds is 5. The fourth-order valence-electron chi connectivity index (χ4n) is 3.89. The van der Waals surface area contributed by atoms with Crippen molar-refractivity contribution in [3.63, 3.8) is 0 Å². The number of anilines is 1. The fraction of sp³-hybridized carbons (Fsp3) is 0.333. The van der Waals surface area contributed by atoms with E-state index in [1.807, 2.05) is 32.0 Å². The minimum atomic E-state index is -1.02. The standard InChI is InChI=1S/C21H23N3O4S/c1-4-27-15-7-5-6-14-17-16(21(2,28-18(14)15)24-20(29)23-17)19(25)22-12-8-10-13(26-3)11-9-12/h5-11,16-17H,4H2,1-3H3,(H,22,25)(H2,23,24,29)/t16-,17+,21-/m0/s1. The van der Waals surface area contributed by atoms with Crippen LogP contribution in [0, 0.1) is 5.92 Å². The number of nitrogens with one attached hydrogen (secondary N) is 3. The minimum absolute atomic E-state index is 0.183. The Balaban J connectivity index is 1.69. The third-order valence-corrected chi connectivity index (χ3v) is 5.39. The van der Waals surface area contributed by atoms with E-state index in [9.17, 15) is 4.79 Å². The second kappa shape index (κ2) is 7.44. The van der Waals surface area contributed by atoms with Crippen LogP contribution >= 0.6 is 12.2 Å². The average molecular weight is 413 g/mol. The monoisotopic (exact) mass is 413 g/mol. The van der Waals surface area contributed by atoms with E-state index in [1.165, 1.54) is 0 Å². The molecule has 2 aromatic carbocycles. The molecule has 3 N–H and O–H groups in total. The summed E-state index contributed by atoms with van der Waals surface area (Å²) in [4.78, 5) is 13.3. The SMILES string of the molecule is CCOc1cccc2c1O[C@]1(C)NC(=S)N[C@H]2[C@H]1C(=O)Nc1ccc(OC)cc1. The van der Waals surface area contributed by atoms with Crippen LogP contribution in [0.2, 0.25) is 0 Å². The van der Waals surface area contributed by atoms with Gasteiger partial charge in [0.25, 0.3) is 0 Å². The van der Waals surface area contributed by atoms with E-state index in [0.717, 1.165) is 11.3 Å². The molecule has 0 spiro atoms. The number of carbonyl (C=O) groups excluding carboxylic acids is 1. The number of carbonyl (C=O) groups is 1. The molecule has 3 atom stereocenters. The van der Waals surface area contributed by atoms with E-state index in [1.54, 1.807) is 31.4 Å². The van der Waals surface area contributed by atoms with Gasteiger partial charge in [-0.2, -0.15) is 0 Å². The van der Waals surface area contributed by atoms with Crippen LogP contribution in [0.1, 0.15) is 25.5 Å². The molecule has 7 nitrogen and oxygen atoms in total. The van der Waals surface area contributed by atoms with Crippen molar-refractivity contribution >= 4 is 28.9 Å². The van der Waals surface area contributed by atoms with Gasteiger partial charge in [0, 0.05) is 11.3 Å². The number of methoxy groups -OCH3 is 1. The summed E-state index contributed by atoms with van der Waals surface area (Å²) in [7, 11) is 1.60. The molecule has 8 heteroatoms. The van der Waals surface area contributed by atoms with Crippen LogP contribution in [0.4, 0.5) is 5.69 Å². The summed E-state index contributed by atoms with van der Waals surface area (Å²) in [6, 6.07) is 12.5. The molecule has 2 heterocycles. The Kier molecular flexibility index (Phi) is 4.96. The van der Waals surface area contributed by atoms with E-state index >= 15 is 0 Å². The van der Waals surface area contributed by atoms with Crippen molar-refractivity contribution in [1.29, 1.82) is 0 Å². The van der Waals surface area contributed by atoms with Crippen LogP contribution in [-0.2, 0) is 4.79 Å². The van der Waals surface area contributed by atoms with Crippen molar-refractivity contribution in [2.24, 2.45) is 5.92 Å². The minimum Gasteiger partial charge on any atom is -0.497 e. The molecule has 29 heavy (non-hydrogen) atoms. The molecular formula is C21H23N3O4S. The Morgan fingerprint density at radius 1 is 1.28 bits per heavy atom. The lowest BCUT2D eigenvalue weighted by Gasteiger charge is -2.50. The third kappa shape index (κ3) is 3.44. The highest BCUT2D eigenvalue weighted by molar-refractivity contribution is 7.80. The number of fused-ring (bicyclic) bond motifs is 4. The van der Waals surface area contributed by atoms with Crippen LogP contribution in [0.25, 0.3) is 0 Å². The smallest absolute Gasteiger partial charge is 0.236 e. The number of thiocarbonyl (C=S) groups is 1. The van der Waals surface area contributed by atoms with E-state index in [2.05, 4.69) is 16.0 Å². The zero-order valence-electron chi connectivity index (χ0n) is 16.4. The summed E-state index contributed by atoms with van der Waals surface area (Å²) >= 11 is 5.36. The number of ether oxygens (including phenoxy) is 3. The maximum Gasteiger partial charge on any atom is 0.236 e. The Labute approximate surface area is 174 Å². The number of para-hydroxylation sites is 1. The van der Waals surface area contributed by atoms with Crippen LogP contribution in [0.15, 0.2) is 42.5 Å². The Morgan fingerprint density at radius 3 is 2.72 bits per heavy atom. The second-order valence-electron chi connectivity index (χ2n) is 7.09. The maximum absolute atomic E-state index is 13.3. The highest BCUT2D eigenvalue weighted by atomic mass is 32.1. The van der Waals surface area contributed by atoms with Crippen molar-refractivity contribution in [1.82, 2.24) is 10.6 Å². The third-order valence-electron chi connectivity index (χ3n) is 5.17. The molecule has 0 aliphatic carbocycles. The van der Waals surface area contributed by atoms with E-state index in [0.29, 0.717) is 28.9 Å². The van der Waals surface area contributed by atoms with Gasteiger partial charge in [-0.05, 0) is 56.4 Å². The molecule has 0 unspecified atom stereocenters. The first-order valence-electron chi connectivity index (χ1n) is 9.43. The van der Waals surface area contributed by atoms with Crippen molar-refractivity contribution in [2.45, 2.75) is 25.6 Å². The molecule has 152 valence electrons. The van der Waals surface area contributed by atoms with Crippen LogP contribution in [0.3, 0.4) is 0 Å².